The predicted octanol–water partition coefficient (Wildman–Crippen LogP) is 4.65. The van der Waals surface area contributed by atoms with Crippen LogP contribution < -0.4 is 0 Å². The van der Waals surface area contributed by atoms with Crippen LogP contribution in [0.4, 0.5) is 0 Å². The van der Waals surface area contributed by atoms with Crippen molar-refractivity contribution in [3.8, 4) is 0 Å². The van der Waals surface area contributed by atoms with Crippen molar-refractivity contribution in [2.75, 3.05) is 12.4 Å². The van der Waals surface area contributed by atoms with Gasteiger partial charge in [-0.3, -0.25) is 0 Å². The van der Waals surface area contributed by atoms with Crippen molar-refractivity contribution < 1.29 is 22.9 Å². The van der Waals surface area contributed by atoms with E-state index in [0.717, 1.165) is 32.1 Å². The van der Waals surface area contributed by atoms with Crippen molar-refractivity contribution in [2.45, 2.75) is 48.4 Å². The molecule has 5 nitrogen and oxygen atoms in total. The standard InChI is InChI=1S/C21H23ClO5S/c22-18-9-11-19(12-10-18)28(23,24)16-20(17-7-3-1-4-8-17)15-25-21(27-26-20)13-5-2-6-14-21/h1,3-4,7-12H,2,5-6,13-16H2. The Hall–Kier alpha value is -1.44. The van der Waals surface area contributed by atoms with E-state index in [1.165, 1.54) is 12.1 Å². The lowest BCUT2D eigenvalue weighted by Gasteiger charge is -2.46. The predicted molar refractivity (Wildman–Crippen MR) is 106 cm³/mol. The molecule has 0 radical (unpaired) electrons. The lowest BCUT2D eigenvalue weighted by molar-refractivity contribution is -0.517. The summed E-state index contributed by atoms with van der Waals surface area (Å²) < 4.78 is 32.4. The molecule has 4 rings (SSSR count). The summed E-state index contributed by atoms with van der Waals surface area (Å²) in [5, 5.41) is 0.483. The molecule has 7 heteroatoms. The van der Waals surface area contributed by atoms with Crippen LogP contribution >= 0.6 is 11.6 Å². The first kappa shape index (κ1) is 19.9. The number of benzene rings is 2. The summed E-state index contributed by atoms with van der Waals surface area (Å²) in [5.74, 6) is -1.05. The van der Waals surface area contributed by atoms with Gasteiger partial charge in [-0.25, -0.2) is 18.2 Å². The normalized spacial score (nSPS) is 24.9. The Balaban J connectivity index is 1.64. The molecule has 2 aromatic carbocycles. The maximum Gasteiger partial charge on any atom is 0.201 e. The Bertz CT molecular complexity index is 896. The molecule has 2 aliphatic rings. The van der Waals surface area contributed by atoms with Gasteiger partial charge in [-0.05, 0) is 42.7 Å². The zero-order chi connectivity index (χ0) is 19.7. The van der Waals surface area contributed by atoms with Crippen LogP contribution in [0.15, 0.2) is 59.5 Å². The van der Waals surface area contributed by atoms with Gasteiger partial charge >= 0.3 is 0 Å². The highest BCUT2D eigenvalue weighted by Gasteiger charge is 2.50. The SMILES string of the molecule is O=S(=O)(CC1(c2ccccc2)COC2(CCCCC2)OO1)c1ccc(Cl)cc1. The minimum absolute atomic E-state index is 0.115. The lowest BCUT2D eigenvalue weighted by atomic mass is 9.92. The van der Waals surface area contributed by atoms with Gasteiger partial charge in [0.1, 0.15) is 0 Å². The molecule has 1 spiro atoms. The van der Waals surface area contributed by atoms with Crippen LogP contribution in [0.2, 0.25) is 5.02 Å². The van der Waals surface area contributed by atoms with Crippen LogP contribution in [0.1, 0.15) is 37.7 Å². The third-order valence-corrected chi connectivity index (χ3v) is 7.52. The van der Waals surface area contributed by atoms with E-state index in [-0.39, 0.29) is 17.3 Å². The van der Waals surface area contributed by atoms with E-state index >= 15 is 0 Å². The highest BCUT2D eigenvalue weighted by atomic mass is 35.5. The molecule has 1 atom stereocenters. The van der Waals surface area contributed by atoms with Gasteiger partial charge in [0.15, 0.2) is 15.4 Å². The van der Waals surface area contributed by atoms with E-state index in [1.807, 2.05) is 30.3 Å². The van der Waals surface area contributed by atoms with E-state index in [2.05, 4.69) is 0 Å². The first-order chi connectivity index (χ1) is 13.4. The van der Waals surface area contributed by atoms with Crippen LogP contribution in [0.3, 0.4) is 0 Å². The van der Waals surface area contributed by atoms with Gasteiger partial charge in [0.25, 0.3) is 0 Å². The lowest BCUT2D eigenvalue weighted by Crippen LogP contribution is -2.54. The van der Waals surface area contributed by atoms with E-state index in [4.69, 9.17) is 26.1 Å². The zero-order valence-corrected chi connectivity index (χ0v) is 17.0. The largest absolute Gasteiger partial charge is 0.344 e. The summed E-state index contributed by atoms with van der Waals surface area (Å²) >= 11 is 5.90. The summed E-state index contributed by atoms with van der Waals surface area (Å²) in [5.41, 5.74) is -0.527. The van der Waals surface area contributed by atoms with E-state index in [1.54, 1.807) is 12.1 Å². The first-order valence-electron chi connectivity index (χ1n) is 9.48. The second kappa shape index (κ2) is 7.76. The molecule has 0 aromatic heterocycles. The van der Waals surface area contributed by atoms with Gasteiger partial charge in [0.05, 0.1) is 17.3 Å². The molecule has 2 fully saturated rings. The first-order valence-corrected chi connectivity index (χ1v) is 11.5. The third kappa shape index (κ3) is 3.98. The van der Waals surface area contributed by atoms with Crippen LogP contribution in [0.5, 0.6) is 0 Å². The molecule has 0 N–H and O–H groups in total. The Morgan fingerprint density at radius 3 is 2.18 bits per heavy atom. The van der Waals surface area contributed by atoms with Crippen molar-refractivity contribution in [2.24, 2.45) is 0 Å². The highest BCUT2D eigenvalue weighted by Crippen LogP contribution is 2.42. The number of halogens is 1. The number of ether oxygens (including phenoxy) is 1. The number of hydrogen-bond donors (Lipinski definition) is 0. The van der Waals surface area contributed by atoms with Crippen molar-refractivity contribution >= 4 is 21.4 Å². The maximum absolute atomic E-state index is 13.1. The third-order valence-electron chi connectivity index (χ3n) is 5.43. The van der Waals surface area contributed by atoms with Crippen molar-refractivity contribution in [3.63, 3.8) is 0 Å². The number of hydrogen-bond acceptors (Lipinski definition) is 5. The molecule has 1 aliphatic carbocycles. The molecule has 1 unspecified atom stereocenters. The van der Waals surface area contributed by atoms with Crippen LogP contribution in [-0.4, -0.2) is 26.6 Å². The highest BCUT2D eigenvalue weighted by molar-refractivity contribution is 7.91. The summed E-state index contributed by atoms with van der Waals surface area (Å²) in [7, 11) is -3.67. The Kier molecular flexibility index (Phi) is 5.51. The fourth-order valence-electron chi connectivity index (χ4n) is 3.82. The molecule has 150 valence electrons. The zero-order valence-electron chi connectivity index (χ0n) is 15.5. The van der Waals surface area contributed by atoms with Gasteiger partial charge in [-0.1, -0.05) is 48.4 Å². The second-order valence-electron chi connectivity index (χ2n) is 7.50. The summed E-state index contributed by atoms with van der Waals surface area (Å²) in [6.45, 7) is 0.115. The smallest absolute Gasteiger partial charge is 0.201 e. The molecule has 0 amide bonds. The van der Waals surface area contributed by atoms with E-state index < -0.39 is 21.2 Å². The fraction of sp³-hybridized carbons (Fsp3) is 0.429. The summed E-state index contributed by atoms with van der Waals surface area (Å²) in [6.07, 6.45) is 4.66. The van der Waals surface area contributed by atoms with Gasteiger partial charge < -0.3 is 4.74 Å². The summed E-state index contributed by atoms with van der Waals surface area (Å²) in [4.78, 5) is 11.9. The van der Waals surface area contributed by atoms with Gasteiger partial charge in [0, 0.05) is 17.9 Å². The Labute approximate surface area is 170 Å². The van der Waals surface area contributed by atoms with Gasteiger partial charge in [-0.2, -0.15) is 0 Å². The molecule has 28 heavy (non-hydrogen) atoms. The van der Waals surface area contributed by atoms with Gasteiger partial charge in [-0.15, -0.1) is 0 Å². The van der Waals surface area contributed by atoms with E-state index in [0.29, 0.717) is 10.6 Å². The van der Waals surface area contributed by atoms with Crippen LogP contribution in [0.25, 0.3) is 0 Å². The minimum atomic E-state index is -3.67. The summed E-state index contributed by atoms with van der Waals surface area (Å²) in [6, 6.07) is 15.4. The molecule has 2 aromatic rings. The van der Waals surface area contributed by atoms with Crippen LogP contribution in [-0.2, 0) is 30.0 Å². The quantitative estimate of drug-likeness (QED) is 0.671. The van der Waals surface area contributed by atoms with Crippen molar-refractivity contribution in [1.29, 1.82) is 0 Å². The average molecular weight is 423 g/mol. The minimum Gasteiger partial charge on any atom is -0.344 e. The van der Waals surface area contributed by atoms with Gasteiger partial charge in [0.2, 0.25) is 5.79 Å². The van der Waals surface area contributed by atoms with Crippen molar-refractivity contribution in [3.05, 3.63) is 65.2 Å². The number of sulfone groups is 1. The molecule has 0 bridgehead atoms. The molecule has 1 saturated carbocycles. The molecular formula is C21H23ClO5S. The fourth-order valence-corrected chi connectivity index (χ4v) is 5.58. The topological polar surface area (TPSA) is 61.8 Å². The van der Waals surface area contributed by atoms with Crippen LogP contribution in [0, 0.1) is 0 Å². The Morgan fingerprint density at radius 1 is 0.893 bits per heavy atom. The Morgan fingerprint density at radius 2 is 1.57 bits per heavy atom. The van der Waals surface area contributed by atoms with Crippen molar-refractivity contribution in [1.82, 2.24) is 0 Å². The number of rotatable bonds is 4. The molecular weight excluding hydrogens is 400 g/mol. The maximum atomic E-state index is 13.1. The second-order valence-corrected chi connectivity index (χ2v) is 9.93. The monoisotopic (exact) mass is 422 g/mol. The molecule has 1 aliphatic heterocycles. The average Bonchev–Trinajstić information content (AvgIpc) is 2.72. The molecule has 1 heterocycles. The molecule has 1 saturated heterocycles. The van der Waals surface area contributed by atoms with E-state index in [9.17, 15) is 8.42 Å².